The van der Waals surface area contributed by atoms with Gasteiger partial charge in [-0.2, -0.15) is 0 Å². The van der Waals surface area contributed by atoms with Crippen molar-refractivity contribution in [1.82, 2.24) is 0 Å². The van der Waals surface area contributed by atoms with Crippen LogP contribution < -0.4 is 0 Å². The fraction of sp³-hybridized carbons (Fsp3) is 0.640. The number of benzene rings is 1. The molecule has 1 aromatic rings. The van der Waals surface area contributed by atoms with Crippen LogP contribution in [-0.2, 0) is 24.1 Å². The molecule has 0 saturated heterocycles. The fourth-order valence-electron chi connectivity index (χ4n) is 4.63. The highest BCUT2D eigenvalue weighted by molar-refractivity contribution is 5.79. The number of fused-ring (bicyclic) bond motifs is 1. The molecule has 2 aliphatic rings. The first-order chi connectivity index (χ1) is 12.6. The highest BCUT2D eigenvalue weighted by Crippen LogP contribution is 2.33. The molecule has 1 fully saturated rings. The van der Waals surface area contributed by atoms with Gasteiger partial charge >= 0.3 is 0 Å². The van der Waals surface area contributed by atoms with Crippen LogP contribution >= 0.6 is 0 Å². The Morgan fingerprint density at radius 3 is 2.38 bits per heavy atom. The van der Waals surface area contributed by atoms with E-state index < -0.39 is 0 Å². The molecule has 144 valence electrons. The van der Waals surface area contributed by atoms with E-state index in [1.807, 2.05) is 13.8 Å². The standard InChI is InChI=1S/C23H32O.C2H6/c1-17(14-18(2)20-6-4-3-5-7-20)15-19-8-9-21-10-12-23(24)13-11-22(21)16-19;1-2/h8-9,16,18,20H,1,3-7,10-15H2,2H3;1-2H3/t18-;/m1./s1. The maximum Gasteiger partial charge on any atom is 0.133 e. The van der Waals surface area contributed by atoms with E-state index in [0.29, 0.717) is 5.78 Å². The highest BCUT2D eigenvalue weighted by atomic mass is 16.1. The van der Waals surface area contributed by atoms with Crippen LogP contribution in [0.15, 0.2) is 30.4 Å². The third-order valence-corrected chi connectivity index (χ3v) is 6.14. The lowest BCUT2D eigenvalue weighted by Gasteiger charge is -2.28. The van der Waals surface area contributed by atoms with Gasteiger partial charge in [-0.3, -0.25) is 4.79 Å². The first kappa shape index (κ1) is 20.9. The van der Waals surface area contributed by atoms with Crippen molar-refractivity contribution in [2.24, 2.45) is 11.8 Å². The van der Waals surface area contributed by atoms with E-state index in [1.54, 1.807) is 0 Å². The number of carbonyl (C=O) groups excluding carboxylic acids is 1. The third kappa shape index (κ3) is 6.11. The van der Waals surface area contributed by atoms with E-state index in [4.69, 9.17) is 0 Å². The minimum atomic E-state index is 0.415. The van der Waals surface area contributed by atoms with Crippen LogP contribution in [0.4, 0.5) is 0 Å². The van der Waals surface area contributed by atoms with Gasteiger partial charge < -0.3 is 0 Å². The Morgan fingerprint density at radius 2 is 1.69 bits per heavy atom. The molecule has 0 radical (unpaired) electrons. The minimum absolute atomic E-state index is 0.415. The lowest BCUT2D eigenvalue weighted by Crippen LogP contribution is -2.16. The quantitative estimate of drug-likeness (QED) is 0.416. The normalized spacial score (nSPS) is 19.0. The Labute approximate surface area is 161 Å². The van der Waals surface area contributed by atoms with Crippen LogP contribution in [0.1, 0.15) is 88.8 Å². The topological polar surface area (TPSA) is 17.1 Å². The highest BCUT2D eigenvalue weighted by Gasteiger charge is 2.20. The van der Waals surface area contributed by atoms with Crippen LogP contribution in [0.2, 0.25) is 0 Å². The molecule has 26 heavy (non-hydrogen) atoms. The summed E-state index contributed by atoms with van der Waals surface area (Å²) in [4.78, 5) is 11.7. The van der Waals surface area contributed by atoms with Gasteiger partial charge in [-0.1, -0.05) is 83.2 Å². The molecule has 1 aromatic carbocycles. The Morgan fingerprint density at radius 1 is 1.04 bits per heavy atom. The first-order valence-electron chi connectivity index (χ1n) is 10.9. The number of hydrogen-bond donors (Lipinski definition) is 0. The molecule has 0 unspecified atom stereocenters. The predicted molar refractivity (Wildman–Crippen MR) is 113 cm³/mol. The molecule has 0 heterocycles. The molecule has 1 saturated carbocycles. The second-order valence-corrected chi connectivity index (χ2v) is 8.15. The molecule has 1 atom stereocenters. The van der Waals surface area contributed by atoms with Crippen molar-refractivity contribution in [1.29, 1.82) is 0 Å². The number of allylic oxidation sites excluding steroid dienone is 1. The summed E-state index contributed by atoms with van der Waals surface area (Å²) in [6.07, 6.45) is 12.6. The van der Waals surface area contributed by atoms with Crippen molar-refractivity contribution in [3.05, 3.63) is 47.0 Å². The van der Waals surface area contributed by atoms with Gasteiger partial charge in [0, 0.05) is 12.8 Å². The third-order valence-electron chi connectivity index (χ3n) is 6.14. The average molecular weight is 355 g/mol. The van der Waals surface area contributed by atoms with Gasteiger partial charge in [-0.15, -0.1) is 0 Å². The molecule has 0 spiro atoms. The van der Waals surface area contributed by atoms with Crippen molar-refractivity contribution < 1.29 is 4.79 Å². The molecular weight excluding hydrogens is 316 g/mol. The molecule has 0 aromatic heterocycles. The molecule has 3 rings (SSSR count). The number of ketones is 1. The fourth-order valence-corrected chi connectivity index (χ4v) is 4.63. The molecule has 0 N–H and O–H groups in total. The van der Waals surface area contributed by atoms with Gasteiger partial charge in [0.2, 0.25) is 0 Å². The number of aryl methyl sites for hydroxylation is 2. The Balaban J connectivity index is 0.00000117. The summed E-state index contributed by atoms with van der Waals surface area (Å²) < 4.78 is 0. The number of hydrogen-bond acceptors (Lipinski definition) is 1. The summed E-state index contributed by atoms with van der Waals surface area (Å²) in [7, 11) is 0. The second-order valence-electron chi connectivity index (χ2n) is 8.15. The zero-order chi connectivity index (χ0) is 18.9. The molecule has 0 amide bonds. The summed E-state index contributed by atoms with van der Waals surface area (Å²) in [6, 6.07) is 6.84. The van der Waals surface area contributed by atoms with Gasteiger partial charge in [-0.25, -0.2) is 0 Å². The van der Waals surface area contributed by atoms with E-state index in [2.05, 4.69) is 31.7 Å². The number of rotatable bonds is 5. The summed E-state index contributed by atoms with van der Waals surface area (Å²) in [6.45, 7) is 10.8. The van der Waals surface area contributed by atoms with Crippen molar-refractivity contribution in [2.45, 2.75) is 91.4 Å². The molecule has 0 aliphatic heterocycles. The Bertz CT molecular complexity index is 592. The van der Waals surface area contributed by atoms with E-state index >= 15 is 0 Å². The van der Waals surface area contributed by atoms with Crippen molar-refractivity contribution >= 4 is 5.78 Å². The summed E-state index contributed by atoms with van der Waals surface area (Å²) >= 11 is 0. The van der Waals surface area contributed by atoms with Gasteiger partial charge in [0.15, 0.2) is 0 Å². The molecule has 2 aliphatic carbocycles. The van der Waals surface area contributed by atoms with Gasteiger partial charge in [0.1, 0.15) is 5.78 Å². The summed E-state index contributed by atoms with van der Waals surface area (Å²) in [5.41, 5.74) is 5.53. The van der Waals surface area contributed by atoms with Crippen molar-refractivity contribution in [3.63, 3.8) is 0 Å². The average Bonchev–Trinajstić information content (AvgIpc) is 2.85. The van der Waals surface area contributed by atoms with E-state index in [-0.39, 0.29) is 0 Å². The summed E-state index contributed by atoms with van der Waals surface area (Å²) in [5.74, 6) is 2.10. The Kier molecular flexibility index (Phi) is 8.62. The van der Waals surface area contributed by atoms with E-state index in [9.17, 15) is 4.79 Å². The van der Waals surface area contributed by atoms with Crippen molar-refractivity contribution in [3.8, 4) is 0 Å². The lowest BCUT2D eigenvalue weighted by molar-refractivity contribution is -0.118. The zero-order valence-corrected chi connectivity index (χ0v) is 17.3. The van der Waals surface area contributed by atoms with Crippen LogP contribution in [0.3, 0.4) is 0 Å². The van der Waals surface area contributed by atoms with Crippen LogP contribution in [-0.4, -0.2) is 5.78 Å². The maximum absolute atomic E-state index is 11.7. The van der Waals surface area contributed by atoms with Crippen LogP contribution in [0, 0.1) is 11.8 Å². The summed E-state index contributed by atoms with van der Waals surface area (Å²) in [5, 5.41) is 0. The molecule has 1 nitrogen and oxygen atoms in total. The van der Waals surface area contributed by atoms with E-state index in [0.717, 1.165) is 43.9 Å². The molecular formula is C25H38O. The predicted octanol–water partition coefficient (Wildman–Crippen LogP) is 6.87. The van der Waals surface area contributed by atoms with Crippen LogP contribution in [0.5, 0.6) is 0 Å². The van der Waals surface area contributed by atoms with Crippen LogP contribution in [0.25, 0.3) is 0 Å². The van der Waals surface area contributed by atoms with Crippen molar-refractivity contribution in [2.75, 3.05) is 0 Å². The number of Topliss-reactive ketones (excluding diaryl/α,β-unsaturated/α-hetero) is 1. The maximum atomic E-state index is 11.7. The second kappa shape index (κ2) is 10.7. The smallest absolute Gasteiger partial charge is 0.133 e. The zero-order valence-electron chi connectivity index (χ0n) is 17.3. The van der Waals surface area contributed by atoms with E-state index in [1.165, 1.54) is 60.8 Å². The van der Waals surface area contributed by atoms with Gasteiger partial charge in [0.25, 0.3) is 0 Å². The molecule has 0 bridgehead atoms. The lowest BCUT2D eigenvalue weighted by atomic mass is 9.78. The largest absolute Gasteiger partial charge is 0.300 e. The van der Waals surface area contributed by atoms with Gasteiger partial charge in [-0.05, 0) is 54.2 Å². The minimum Gasteiger partial charge on any atom is -0.300 e. The Hall–Kier alpha value is -1.37. The van der Waals surface area contributed by atoms with Gasteiger partial charge in [0.05, 0.1) is 0 Å². The first-order valence-corrected chi connectivity index (χ1v) is 10.9. The SMILES string of the molecule is C=C(Cc1ccc2c(c1)CCC(=O)CC2)C[C@@H](C)C1CCCCC1.CC. The number of carbonyl (C=O) groups is 1. The molecule has 1 heteroatoms. The monoisotopic (exact) mass is 354 g/mol.